The molecule has 0 saturated heterocycles. The van der Waals surface area contributed by atoms with E-state index in [-0.39, 0.29) is 0 Å². The summed E-state index contributed by atoms with van der Waals surface area (Å²) in [6, 6.07) is 30.3. The summed E-state index contributed by atoms with van der Waals surface area (Å²) in [5.41, 5.74) is 25.7. The zero-order valence-corrected chi connectivity index (χ0v) is 28.5. The van der Waals surface area contributed by atoms with Gasteiger partial charge in [0.2, 0.25) is 0 Å². The fourth-order valence-corrected chi connectivity index (χ4v) is 4.92. The number of ether oxygens (including phenoxy) is 4. The molecular weight excluding hydrogens is 600 g/mol. The van der Waals surface area contributed by atoms with Crippen molar-refractivity contribution in [3.05, 3.63) is 97.1 Å². The van der Waals surface area contributed by atoms with Crippen LogP contribution in [0.1, 0.15) is 77.0 Å². The fourth-order valence-electron chi connectivity index (χ4n) is 4.92. The van der Waals surface area contributed by atoms with Gasteiger partial charge in [0, 0.05) is 34.9 Å². The Hall–Kier alpha value is -4.72. The molecule has 0 amide bonds. The molecule has 8 nitrogen and oxygen atoms in total. The van der Waals surface area contributed by atoms with Gasteiger partial charge in [-0.1, -0.05) is 63.5 Å². The molecule has 8 N–H and O–H groups in total. The molecule has 0 bridgehead atoms. The van der Waals surface area contributed by atoms with Gasteiger partial charge in [0.15, 0.2) is 0 Å². The second-order valence-electron chi connectivity index (χ2n) is 11.9. The molecule has 0 aliphatic carbocycles. The minimum atomic E-state index is 0.743. The highest BCUT2D eigenvalue weighted by atomic mass is 16.5. The number of nitrogen functional groups attached to an aromatic ring is 4. The molecule has 260 valence electrons. The van der Waals surface area contributed by atoms with Gasteiger partial charge < -0.3 is 41.9 Å². The maximum absolute atomic E-state index is 5.72. The summed E-state index contributed by atoms with van der Waals surface area (Å²) in [5.74, 6) is 3.50. The van der Waals surface area contributed by atoms with Crippen molar-refractivity contribution in [3.63, 3.8) is 0 Å². The van der Waals surface area contributed by atoms with Crippen molar-refractivity contribution in [2.75, 3.05) is 49.4 Å². The molecular formula is C40H56N4O4. The van der Waals surface area contributed by atoms with E-state index in [2.05, 4.69) is 0 Å². The van der Waals surface area contributed by atoms with E-state index in [0.717, 1.165) is 97.9 Å². The van der Waals surface area contributed by atoms with Crippen molar-refractivity contribution in [2.45, 2.75) is 77.0 Å². The van der Waals surface area contributed by atoms with Crippen molar-refractivity contribution < 1.29 is 18.9 Å². The molecule has 48 heavy (non-hydrogen) atoms. The summed E-state index contributed by atoms with van der Waals surface area (Å²) in [7, 11) is 0. The number of rotatable bonds is 22. The van der Waals surface area contributed by atoms with Crippen molar-refractivity contribution in [1.82, 2.24) is 0 Å². The first kappa shape index (κ1) is 37.7. The number of benzene rings is 4. The summed E-state index contributed by atoms with van der Waals surface area (Å²) in [6.45, 7) is 3.04. The molecule has 0 aliphatic heterocycles. The molecule has 4 rings (SSSR count). The molecule has 0 radical (unpaired) electrons. The van der Waals surface area contributed by atoms with E-state index in [1.54, 1.807) is 0 Å². The molecule has 4 aromatic rings. The number of hydrogen-bond donors (Lipinski definition) is 4. The number of hydrogen-bond acceptors (Lipinski definition) is 8. The van der Waals surface area contributed by atoms with Gasteiger partial charge in [0.05, 0.1) is 26.4 Å². The molecule has 0 atom stereocenters. The standard InChI is InChI=1S/2C20H28N2O2/c21-17-7-11-19(12-8-17)23-15-5-3-1-2-4-6-16-24-20-13-9-18(22)10-14-20;21-17-9-7-11-19(15-17)23-13-5-3-1-2-4-6-14-24-20-12-8-10-18(22)16-20/h7-14H,1-6,15-16,21-22H2;7-12,15-16H,1-6,13-14,21-22H2. The average Bonchev–Trinajstić information content (AvgIpc) is 3.08. The van der Waals surface area contributed by atoms with Crippen LogP contribution in [0.3, 0.4) is 0 Å². The molecule has 0 spiro atoms. The van der Waals surface area contributed by atoms with Crippen LogP contribution in [0.15, 0.2) is 97.1 Å². The lowest BCUT2D eigenvalue weighted by Gasteiger charge is -2.07. The number of unbranched alkanes of at least 4 members (excludes halogenated alkanes) is 10. The van der Waals surface area contributed by atoms with E-state index >= 15 is 0 Å². The van der Waals surface area contributed by atoms with Crippen LogP contribution in [-0.2, 0) is 0 Å². The lowest BCUT2D eigenvalue weighted by atomic mass is 10.1. The highest BCUT2D eigenvalue weighted by Crippen LogP contribution is 2.18. The smallest absolute Gasteiger partial charge is 0.121 e. The van der Waals surface area contributed by atoms with Crippen LogP contribution in [0, 0.1) is 0 Å². The second-order valence-corrected chi connectivity index (χ2v) is 11.9. The van der Waals surface area contributed by atoms with Crippen LogP contribution in [0.2, 0.25) is 0 Å². The highest BCUT2D eigenvalue weighted by molar-refractivity contribution is 5.44. The molecule has 0 saturated carbocycles. The van der Waals surface area contributed by atoms with Crippen LogP contribution in [0.25, 0.3) is 0 Å². The van der Waals surface area contributed by atoms with Gasteiger partial charge in [-0.15, -0.1) is 0 Å². The molecule has 0 unspecified atom stereocenters. The first-order chi connectivity index (χ1) is 23.5. The second kappa shape index (κ2) is 23.6. The Morgan fingerprint density at radius 3 is 0.896 bits per heavy atom. The Morgan fingerprint density at radius 2 is 0.583 bits per heavy atom. The van der Waals surface area contributed by atoms with E-state index in [9.17, 15) is 0 Å². The van der Waals surface area contributed by atoms with Gasteiger partial charge >= 0.3 is 0 Å². The SMILES string of the molecule is Nc1ccc(OCCCCCCCCOc2ccc(N)cc2)cc1.Nc1cccc(OCCCCCCCCOc2cccc(N)c2)c1. The van der Waals surface area contributed by atoms with Crippen molar-refractivity contribution in [3.8, 4) is 23.0 Å². The van der Waals surface area contributed by atoms with Gasteiger partial charge in [0.1, 0.15) is 23.0 Å². The van der Waals surface area contributed by atoms with Gasteiger partial charge in [-0.3, -0.25) is 0 Å². The minimum Gasteiger partial charge on any atom is -0.494 e. The van der Waals surface area contributed by atoms with E-state index in [1.807, 2.05) is 97.1 Å². The predicted octanol–water partition coefficient (Wildman–Crippen LogP) is 9.30. The lowest BCUT2D eigenvalue weighted by molar-refractivity contribution is 0.297. The molecule has 8 heteroatoms. The normalized spacial score (nSPS) is 10.5. The van der Waals surface area contributed by atoms with E-state index in [0.29, 0.717) is 0 Å². The van der Waals surface area contributed by atoms with Gasteiger partial charge in [0.25, 0.3) is 0 Å². The van der Waals surface area contributed by atoms with Crippen LogP contribution in [0.5, 0.6) is 23.0 Å². The van der Waals surface area contributed by atoms with Crippen LogP contribution in [0.4, 0.5) is 22.7 Å². The third-order valence-electron chi connectivity index (χ3n) is 7.63. The van der Waals surface area contributed by atoms with E-state index < -0.39 is 0 Å². The molecule has 4 aromatic carbocycles. The Kier molecular flexibility index (Phi) is 18.5. The first-order valence-electron chi connectivity index (χ1n) is 17.4. The Labute approximate surface area is 287 Å². The summed E-state index contributed by atoms with van der Waals surface area (Å²) in [6.07, 6.45) is 14.1. The third kappa shape index (κ3) is 17.8. The average molecular weight is 657 g/mol. The zero-order valence-electron chi connectivity index (χ0n) is 28.5. The first-order valence-corrected chi connectivity index (χ1v) is 17.4. The third-order valence-corrected chi connectivity index (χ3v) is 7.63. The highest BCUT2D eigenvalue weighted by Gasteiger charge is 1.99. The van der Waals surface area contributed by atoms with Gasteiger partial charge in [-0.25, -0.2) is 0 Å². The monoisotopic (exact) mass is 656 g/mol. The fraction of sp³-hybridized carbons (Fsp3) is 0.400. The van der Waals surface area contributed by atoms with Crippen molar-refractivity contribution in [1.29, 1.82) is 0 Å². The van der Waals surface area contributed by atoms with Gasteiger partial charge in [-0.2, -0.15) is 0 Å². The number of anilines is 4. The summed E-state index contributed by atoms with van der Waals surface area (Å²) in [4.78, 5) is 0. The van der Waals surface area contributed by atoms with E-state index in [1.165, 1.54) is 51.4 Å². The Bertz CT molecular complexity index is 1280. The largest absolute Gasteiger partial charge is 0.494 e. The molecule has 0 aromatic heterocycles. The number of nitrogens with two attached hydrogens (primary N) is 4. The topological polar surface area (TPSA) is 141 Å². The molecule has 0 fully saturated rings. The maximum atomic E-state index is 5.72. The lowest BCUT2D eigenvalue weighted by Crippen LogP contribution is -1.99. The summed E-state index contributed by atoms with van der Waals surface area (Å²) in [5, 5.41) is 0. The summed E-state index contributed by atoms with van der Waals surface area (Å²) >= 11 is 0. The van der Waals surface area contributed by atoms with Crippen LogP contribution in [-0.4, -0.2) is 26.4 Å². The zero-order chi connectivity index (χ0) is 34.1. The molecule has 0 heterocycles. The molecule has 0 aliphatic rings. The predicted molar refractivity (Wildman–Crippen MR) is 201 cm³/mol. The van der Waals surface area contributed by atoms with E-state index in [4.69, 9.17) is 41.9 Å². The Morgan fingerprint density at radius 1 is 0.292 bits per heavy atom. The Balaban J connectivity index is 0.000000260. The quantitative estimate of drug-likeness (QED) is 0.0484. The van der Waals surface area contributed by atoms with Gasteiger partial charge in [-0.05, 0) is 98.5 Å². The van der Waals surface area contributed by atoms with Crippen molar-refractivity contribution in [2.24, 2.45) is 0 Å². The summed E-state index contributed by atoms with van der Waals surface area (Å²) < 4.78 is 22.7. The maximum Gasteiger partial charge on any atom is 0.121 e. The van der Waals surface area contributed by atoms with Crippen LogP contribution >= 0.6 is 0 Å². The van der Waals surface area contributed by atoms with Crippen LogP contribution < -0.4 is 41.9 Å². The van der Waals surface area contributed by atoms with Crippen molar-refractivity contribution >= 4 is 22.7 Å². The minimum absolute atomic E-state index is 0.743.